The number of nitrogens with zero attached hydrogens (tertiary/aromatic N) is 1. The molecule has 1 heterocycles. The Hall–Kier alpha value is -1.43. The molecule has 2 aliphatic rings. The molecule has 1 aromatic rings. The number of carbonyl (C=O) groups is 1. The molecule has 1 aromatic carbocycles. The summed E-state index contributed by atoms with van der Waals surface area (Å²) in [6.07, 6.45) is 3.52. The standard InChI is InChI=1S/C19H28N2O3/c22-14-16-6-8-17(9-7-16)20-19(23)18-13-21(10-11-24-18)12-15-4-2-1-3-5-15/h1-5,16-18,22H,6-14H2,(H,20,23). The number of rotatable bonds is 5. The van der Waals surface area contributed by atoms with Gasteiger partial charge < -0.3 is 15.2 Å². The van der Waals surface area contributed by atoms with Crippen LogP contribution in [0.3, 0.4) is 0 Å². The Morgan fingerprint density at radius 1 is 1.21 bits per heavy atom. The van der Waals surface area contributed by atoms with Crippen molar-refractivity contribution in [1.82, 2.24) is 10.2 Å². The third-order valence-corrected chi connectivity index (χ3v) is 5.14. The molecule has 2 fully saturated rings. The molecule has 1 saturated carbocycles. The summed E-state index contributed by atoms with van der Waals surface area (Å²) in [6, 6.07) is 10.6. The number of hydrogen-bond acceptors (Lipinski definition) is 4. The van der Waals surface area contributed by atoms with Crippen molar-refractivity contribution >= 4 is 5.91 Å². The Balaban J connectivity index is 1.46. The molecule has 0 bridgehead atoms. The van der Waals surface area contributed by atoms with E-state index in [0.717, 1.165) is 38.8 Å². The molecule has 2 N–H and O–H groups in total. The van der Waals surface area contributed by atoms with E-state index in [1.807, 2.05) is 18.2 Å². The van der Waals surface area contributed by atoms with E-state index >= 15 is 0 Å². The minimum atomic E-state index is -0.377. The highest BCUT2D eigenvalue weighted by Gasteiger charge is 2.29. The molecule has 1 atom stereocenters. The quantitative estimate of drug-likeness (QED) is 0.859. The second-order valence-electron chi connectivity index (χ2n) is 6.99. The molecule has 0 spiro atoms. The fraction of sp³-hybridized carbons (Fsp3) is 0.632. The van der Waals surface area contributed by atoms with Crippen LogP contribution >= 0.6 is 0 Å². The minimum absolute atomic E-state index is 0.0141. The van der Waals surface area contributed by atoms with Crippen molar-refractivity contribution in [2.75, 3.05) is 26.3 Å². The molecule has 1 aliphatic heterocycles. The number of hydrogen-bond donors (Lipinski definition) is 2. The number of amides is 1. The maximum Gasteiger partial charge on any atom is 0.250 e. The molecule has 24 heavy (non-hydrogen) atoms. The summed E-state index contributed by atoms with van der Waals surface area (Å²) >= 11 is 0. The summed E-state index contributed by atoms with van der Waals surface area (Å²) in [4.78, 5) is 14.8. The van der Waals surface area contributed by atoms with Gasteiger partial charge in [0.05, 0.1) is 6.61 Å². The first-order chi connectivity index (χ1) is 11.7. The Kier molecular flexibility index (Phi) is 6.24. The zero-order valence-corrected chi connectivity index (χ0v) is 14.2. The monoisotopic (exact) mass is 332 g/mol. The lowest BCUT2D eigenvalue weighted by molar-refractivity contribution is -0.139. The number of morpholine rings is 1. The second kappa shape index (κ2) is 8.60. The van der Waals surface area contributed by atoms with Crippen LogP contribution in [-0.2, 0) is 16.1 Å². The first-order valence-electron chi connectivity index (χ1n) is 9.03. The van der Waals surface area contributed by atoms with Gasteiger partial charge in [-0.25, -0.2) is 0 Å². The van der Waals surface area contributed by atoms with Gasteiger partial charge in [-0.15, -0.1) is 0 Å². The van der Waals surface area contributed by atoms with Crippen LogP contribution in [0.1, 0.15) is 31.2 Å². The molecule has 132 valence electrons. The van der Waals surface area contributed by atoms with Gasteiger partial charge in [0.2, 0.25) is 0 Å². The van der Waals surface area contributed by atoms with Gasteiger partial charge in [-0.2, -0.15) is 0 Å². The summed E-state index contributed by atoms with van der Waals surface area (Å²) in [6.45, 7) is 3.23. The van der Waals surface area contributed by atoms with Gasteiger partial charge in [0.1, 0.15) is 6.10 Å². The highest BCUT2D eigenvalue weighted by Crippen LogP contribution is 2.24. The van der Waals surface area contributed by atoms with E-state index in [4.69, 9.17) is 4.74 Å². The maximum absolute atomic E-state index is 12.5. The van der Waals surface area contributed by atoms with Crippen molar-refractivity contribution in [2.24, 2.45) is 5.92 Å². The molecule has 1 amide bonds. The van der Waals surface area contributed by atoms with Gasteiger partial charge in [0, 0.05) is 32.3 Å². The molecule has 5 heteroatoms. The van der Waals surface area contributed by atoms with Crippen molar-refractivity contribution in [1.29, 1.82) is 0 Å². The van der Waals surface area contributed by atoms with Gasteiger partial charge in [-0.3, -0.25) is 9.69 Å². The first kappa shape index (κ1) is 17.4. The number of aliphatic hydroxyl groups is 1. The first-order valence-corrected chi connectivity index (χ1v) is 9.03. The Bertz CT molecular complexity index is 515. The number of ether oxygens (including phenoxy) is 1. The van der Waals surface area contributed by atoms with E-state index in [1.54, 1.807) is 0 Å². The van der Waals surface area contributed by atoms with Crippen molar-refractivity contribution in [3.8, 4) is 0 Å². The summed E-state index contributed by atoms with van der Waals surface area (Å²) in [7, 11) is 0. The van der Waals surface area contributed by atoms with Crippen molar-refractivity contribution in [3.05, 3.63) is 35.9 Å². The van der Waals surface area contributed by atoms with Gasteiger partial charge >= 0.3 is 0 Å². The third-order valence-electron chi connectivity index (χ3n) is 5.14. The maximum atomic E-state index is 12.5. The summed E-state index contributed by atoms with van der Waals surface area (Å²) in [5.74, 6) is 0.422. The van der Waals surface area contributed by atoms with Crippen molar-refractivity contribution in [2.45, 2.75) is 44.4 Å². The summed E-state index contributed by atoms with van der Waals surface area (Å²) in [5, 5.41) is 12.3. The van der Waals surface area contributed by atoms with Crippen molar-refractivity contribution in [3.63, 3.8) is 0 Å². The molecule has 5 nitrogen and oxygen atoms in total. The van der Waals surface area contributed by atoms with Crippen LogP contribution in [0.4, 0.5) is 0 Å². The number of benzene rings is 1. The van der Waals surface area contributed by atoms with Crippen LogP contribution in [-0.4, -0.2) is 54.4 Å². The van der Waals surface area contributed by atoms with Crippen LogP contribution in [0.2, 0.25) is 0 Å². The fourth-order valence-electron chi connectivity index (χ4n) is 3.63. The molecule has 1 aliphatic carbocycles. The van der Waals surface area contributed by atoms with Crippen LogP contribution < -0.4 is 5.32 Å². The summed E-state index contributed by atoms with van der Waals surface area (Å²) in [5.41, 5.74) is 1.26. The average Bonchev–Trinajstić information content (AvgIpc) is 2.63. The Morgan fingerprint density at radius 3 is 2.67 bits per heavy atom. The fourth-order valence-corrected chi connectivity index (χ4v) is 3.63. The molecular formula is C19H28N2O3. The molecule has 1 unspecified atom stereocenters. The van der Waals surface area contributed by atoms with Crippen molar-refractivity contribution < 1.29 is 14.6 Å². The predicted molar refractivity (Wildman–Crippen MR) is 92.4 cm³/mol. The lowest BCUT2D eigenvalue weighted by Crippen LogP contribution is -2.52. The lowest BCUT2D eigenvalue weighted by Gasteiger charge is -2.34. The second-order valence-corrected chi connectivity index (χ2v) is 6.99. The highest BCUT2D eigenvalue weighted by atomic mass is 16.5. The van der Waals surface area contributed by atoms with Gasteiger partial charge in [-0.1, -0.05) is 30.3 Å². The van der Waals surface area contributed by atoms with Crippen LogP contribution in [0.25, 0.3) is 0 Å². The zero-order chi connectivity index (χ0) is 16.8. The smallest absolute Gasteiger partial charge is 0.250 e. The Morgan fingerprint density at radius 2 is 1.96 bits per heavy atom. The van der Waals surface area contributed by atoms with E-state index in [9.17, 15) is 9.90 Å². The van der Waals surface area contributed by atoms with Gasteiger partial charge in [-0.05, 0) is 37.2 Å². The summed E-state index contributed by atoms with van der Waals surface area (Å²) < 4.78 is 5.70. The normalized spacial score (nSPS) is 28.5. The predicted octanol–water partition coefficient (Wildman–Crippen LogP) is 1.55. The average molecular weight is 332 g/mol. The highest BCUT2D eigenvalue weighted by molar-refractivity contribution is 5.81. The molecule has 0 aromatic heterocycles. The van der Waals surface area contributed by atoms with Gasteiger partial charge in [0.15, 0.2) is 0 Å². The lowest BCUT2D eigenvalue weighted by atomic mass is 9.86. The topological polar surface area (TPSA) is 61.8 Å². The largest absolute Gasteiger partial charge is 0.396 e. The van der Waals surface area contributed by atoms with E-state index in [2.05, 4.69) is 22.3 Å². The van der Waals surface area contributed by atoms with Crippen LogP contribution in [0, 0.1) is 5.92 Å². The molecule has 3 rings (SSSR count). The molecule has 0 radical (unpaired) electrons. The molecular weight excluding hydrogens is 304 g/mol. The number of aliphatic hydroxyl groups excluding tert-OH is 1. The third kappa shape index (κ3) is 4.79. The molecule has 1 saturated heterocycles. The number of carbonyl (C=O) groups excluding carboxylic acids is 1. The van der Waals surface area contributed by atoms with E-state index in [1.165, 1.54) is 5.56 Å². The minimum Gasteiger partial charge on any atom is -0.396 e. The van der Waals surface area contributed by atoms with E-state index in [-0.39, 0.29) is 24.7 Å². The van der Waals surface area contributed by atoms with Crippen LogP contribution in [0.15, 0.2) is 30.3 Å². The van der Waals surface area contributed by atoms with Gasteiger partial charge in [0.25, 0.3) is 5.91 Å². The van der Waals surface area contributed by atoms with E-state index < -0.39 is 0 Å². The Labute approximate surface area is 144 Å². The SMILES string of the molecule is O=C(NC1CCC(CO)CC1)C1CN(Cc2ccccc2)CCO1. The zero-order valence-electron chi connectivity index (χ0n) is 14.2. The van der Waals surface area contributed by atoms with Crippen LogP contribution in [0.5, 0.6) is 0 Å². The van der Waals surface area contributed by atoms with E-state index in [0.29, 0.717) is 19.1 Å². The number of nitrogens with one attached hydrogen (secondary N) is 1.